The fourth-order valence-electron chi connectivity index (χ4n) is 2.59. The van der Waals surface area contributed by atoms with Crippen molar-refractivity contribution in [3.8, 4) is 0 Å². The number of nitrogen functional groups attached to an aromatic ring is 1. The van der Waals surface area contributed by atoms with E-state index in [1.54, 1.807) is 0 Å². The lowest BCUT2D eigenvalue weighted by Gasteiger charge is -2.10. The van der Waals surface area contributed by atoms with Crippen molar-refractivity contribution in [3.05, 3.63) is 64.7 Å². The summed E-state index contributed by atoms with van der Waals surface area (Å²) in [6.45, 7) is 0. The number of nitrogens with two attached hydrogens (primary N) is 1. The average molecular weight is 332 g/mol. The third kappa shape index (κ3) is 2.47. The normalized spacial score (nSPS) is 14.2. The Bertz CT molecular complexity index is 922. The maximum absolute atomic E-state index is 12.3. The Balaban J connectivity index is 2.16. The molecule has 0 fully saturated rings. The lowest BCUT2D eigenvalue weighted by Crippen LogP contribution is -2.35. The SMILES string of the molecule is Nc1ccc2c(c1Cc1ccccc1)C(=O)N(S(=O)(=O)O)C2=O. The van der Waals surface area contributed by atoms with Crippen molar-refractivity contribution in [3.63, 3.8) is 0 Å². The Morgan fingerprint density at radius 1 is 1.00 bits per heavy atom. The lowest BCUT2D eigenvalue weighted by atomic mass is 9.95. The van der Waals surface area contributed by atoms with E-state index in [0.717, 1.165) is 5.56 Å². The zero-order valence-corrected chi connectivity index (χ0v) is 12.6. The van der Waals surface area contributed by atoms with Crippen molar-refractivity contribution in [2.45, 2.75) is 6.42 Å². The molecule has 0 atom stereocenters. The Morgan fingerprint density at radius 3 is 2.26 bits per heavy atom. The van der Waals surface area contributed by atoms with Crippen LogP contribution in [0.3, 0.4) is 0 Å². The van der Waals surface area contributed by atoms with Gasteiger partial charge in [-0.15, -0.1) is 4.31 Å². The molecule has 0 bridgehead atoms. The van der Waals surface area contributed by atoms with E-state index in [-0.39, 0.29) is 27.5 Å². The van der Waals surface area contributed by atoms with E-state index in [9.17, 15) is 18.0 Å². The number of nitrogens with zero attached hydrogens (tertiary/aromatic N) is 1. The van der Waals surface area contributed by atoms with E-state index >= 15 is 0 Å². The van der Waals surface area contributed by atoms with Crippen molar-refractivity contribution in [1.82, 2.24) is 4.31 Å². The molecule has 1 heterocycles. The molecular formula is C15H12N2O5S. The zero-order chi connectivity index (χ0) is 16.8. The predicted molar refractivity (Wildman–Crippen MR) is 82.2 cm³/mol. The molecule has 0 unspecified atom stereocenters. The molecule has 0 spiro atoms. The van der Waals surface area contributed by atoms with Crippen LogP contribution in [0.25, 0.3) is 0 Å². The number of hydrogen-bond donors (Lipinski definition) is 2. The monoisotopic (exact) mass is 332 g/mol. The summed E-state index contributed by atoms with van der Waals surface area (Å²) < 4.78 is 31.5. The maximum atomic E-state index is 12.3. The molecule has 0 radical (unpaired) electrons. The maximum Gasteiger partial charge on any atom is 0.369 e. The Morgan fingerprint density at radius 2 is 1.65 bits per heavy atom. The van der Waals surface area contributed by atoms with E-state index in [1.165, 1.54) is 12.1 Å². The van der Waals surface area contributed by atoms with Crippen LogP contribution >= 0.6 is 0 Å². The van der Waals surface area contributed by atoms with Gasteiger partial charge in [-0.25, -0.2) is 0 Å². The lowest BCUT2D eigenvalue weighted by molar-refractivity contribution is 0.0755. The first-order chi connectivity index (χ1) is 10.8. The van der Waals surface area contributed by atoms with Crippen molar-refractivity contribution >= 4 is 27.8 Å². The predicted octanol–water partition coefficient (Wildman–Crippen LogP) is 1.26. The van der Waals surface area contributed by atoms with Crippen molar-refractivity contribution < 1.29 is 22.6 Å². The summed E-state index contributed by atoms with van der Waals surface area (Å²) >= 11 is 0. The van der Waals surface area contributed by atoms with Gasteiger partial charge in [0.2, 0.25) is 0 Å². The van der Waals surface area contributed by atoms with Gasteiger partial charge in [-0.1, -0.05) is 30.3 Å². The third-order valence-electron chi connectivity index (χ3n) is 3.62. The summed E-state index contributed by atoms with van der Waals surface area (Å²) in [7, 11) is -4.98. The summed E-state index contributed by atoms with van der Waals surface area (Å²) in [5.41, 5.74) is 7.21. The van der Waals surface area contributed by atoms with Crippen molar-refractivity contribution in [2.75, 3.05) is 5.73 Å². The topological polar surface area (TPSA) is 118 Å². The molecule has 3 rings (SSSR count). The van der Waals surface area contributed by atoms with E-state index in [2.05, 4.69) is 0 Å². The highest BCUT2D eigenvalue weighted by molar-refractivity contribution is 7.84. The van der Waals surface area contributed by atoms with Crippen LogP contribution in [0.2, 0.25) is 0 Å². The summed E-state index contributed by atoms with van der Waals surface area (Å²) in [5.74, 6) is -2.17. The van der Waals surface area contributed by atoms with Crippen LogP contribution < -0.4 is 5.73 Å². The van der Waals surface area contributed by atoms with Crippen LogP contribution in [0.5, 0.6) is 0 Å². The molecule has 1 aliphatic heterocycles. The van der Waals surface area contributed by atoms with Crippen LogP contribution in [-0.2, 0) is 16.7 Å². The minimum atomic E-state index is -4.98. The first-order valence-corrected chi connectivity index (χ1v) is 8.02. The first-order valence-electron chi connectivity index (χ1n) is 6.62. The summed E-state index contributed by atoms with van der Waals surface area (Å²) in [4.78, 5) is 24.4. The quantitative estimate of drug-likeness (QED) is 0.496. The molecule has 2 aromatic rings. The highest BCUT2D eigenvalue weighted by Crippen LogP contribution is 2.32. The van der Waals surface area contributed by atoms with Crippen LogP contribution in [0.4, 0.5) is 5.69 Å². The Labute approximate surface area is 132 Å². The molecule has 0 aliphatic carbocycles. The molecular weight excluding hydrogens is 320 g/mol. The van der Waals surface area contributed by atoms with Gasteiger partial charge in [0, 0.05) is 12.1 Å². The molecule has 0 saturated carbocycles. The smallest absolute Gasteiger partial charge is 0.369 e. The second-order valence-electron chi connectivity index (χ2n) is 5.07. The van der Waals surface area contributed by atoms with Crippen LogP contribution in [0.1, 0.15) is 31.8 Å². The van der Waals surface area contributed by atoms with Gasteiger partial charge in [0.15, 0.2) is 0 Å². The van der Waals surface area contributed by atoms with Crippen molar-refractivity contribution in [1.29, 1.82) is 0 Å². The molecule has 0 saturated heterocycles. The van der Waals surface area contributed by atoms with Gasteiger partial charge in [-0.2, -0.15) is 8.42 Å². The summed E-state index contributed by atoms with van der Waals surface area (Å²) in [6, 6.07) is 11.8. The number of anilines is 1. The molecule has 118 valence electrons. The van der Waals surface area contributed by atoms with E-state index in [1.807, 2.05) is 30.3 Å². The Hall–Kier alpha value is -2.71. The standard InChI is InChI=1S/C15H12N2O5S/c16-12-7-6-10-13(11(12)8-9-4-2-1-3-5-9)15(19)17(14(10)18)23(20,21)22/h1-7H,8,16H2,(H,20,21,22). The number of amides is 2. The summed E-state index contributed by atoms with van der Waals surface area (Å²) in [5, 5.41) is 0. The molecule has 2 aromatic carbocycles. The van der Waals surface area contributed by atoms with Gasteiger partial charge in [0.1, 0.15) is 0 Å². The molecule has 7 nitrogen and oxygen atoms in total. The van der Waals surface area contributed by atoms with Gasteiger partial charge in [0.25, 0.3) is 11.8 Å². The molecule has 23 heavy (non-hydrogen) atoms. The van der Waals surface area contributed by atoms with Crippen LogP contribution in [0.15, 0.2) is 42.5 Å². The fraction of sp³-hybridized carbons (Fsp3) is 0.0667. The number of benzene rings is 2. The van der Waals surface area contributed by atoms with Crippen LogP contribution in [-0.4, -0.2) is 29.1 Å². The van der Waals surface area contributed by atoms with E-state index in [4.69, 9.17) is 10.3 Å². The number of fused-ring (bicyclic) bond motifs is 1. The second kappa shape index (κ2) is 5.18. The van der Waals surface area contributed by atoms with Crippen LogP contribution in [0, 0.1) is 0 Å². The van der Waals surface area contributed by atoms with Gasteiger partial charge < -0.3 is 5.73 Å². The first kappa shape index (κ1) is 15.2. The molecule has 0 aromatic heterocycles. The summed E-state index contributed by atoms with van der Waals surface area (Å²) in [6.07, 6.45) is 0.258. The largest absolute Gasteiger partial charge is 0.398 e. The highest BCUT2D eigenvalue weighted by Gasteiger charge is 2.44. The van der Waals surface area contributed by atoms with Gasteiger partial charge in [-0.05, 0) is 23.3 Å². The molecule has 8 heteroatoms. The average Bonchev–Trinajstić information content (AvgIpc) is 2.74. The number of imide groups is 1. The molecule has 3 N–H and O–H groups in total. The second-order valence-corrected chi connectivity index (χ2v) is 6.33. The highest BCUT2D eigenvalue weighted by atomic mass is 32.2. The minimum absolute atomic E-state index is 0.0866. The third-order valence-corrected chi connectivity index (χ3v) is 4.41. The number of carbonyl (C=O) groups excluding carboxylic acids is 2. The van der Waals surface area contributed by atoms with Crippen molar-refractivity contribution in [2.24, 2.45) is 0 Å². The van der Waals surface area contributed by atoms with Gasteiger partial charge >= 0.3 is 10.3 Å². The number of rotatable bonds is 3. The van der Waals surface area contributed by atoms with Gasteiger partial charge in [0.05, 0.1) is 11.1 Å². The molecule has 2 amide bonds. The number of hydrogen-bond acceptors (Lipinski definition) is 5. The molecule has 1 aliphatic rings. The van der Waals surface area contributed by atoms with E-state index in [0.29, 0.717) is 5.56 Å². The minimum Gasteiger partial charge on any atom is -0.398 e. The van der Waals surface area contributed by atoms with Gasteiger partial charge in [-0.3, -0.25) is 14.1 Å². The van der Waals surface area contributed by atoms with E-state index < -0.39 is 22.1 Å². The fourth-order valence-corrected chi connectivity index (χ4v) is 3.20. The zero-order valence-electron chi connectivity index (χ0n) is 11.8. The number of carbonyl (C=O) groups is 2. The Kier molecular flexibility index (Phi) is 3.42.